The summed E-state index contributed by atoms with van der Waals surface area (Å²) in [5, 5.41) is 3.07. The van der Waals surface area contributed by atoms with Gasteiger partial charge in [0.05, 0.1) is 18.4 Å². The van der Waals surface area contributed by atoms with E-state index in [2.05, 4.69) is 21.2 Å². The summed E-state index contributed by atoms with van der Waals surface area (Å²) in [4.78, 5) is 27.8. The quantitative estimate of drug-likeness (QED) is 0.537. The first-order valence-electron chi connectivity index (χ1n) is 9.04. The summed E-state index contributed by atoms with van der Waals surface area (Å²) >= 11 is 3.40. The first-order chi connectivity index (χ1) is 14.5. The summed E-state index contributed by atoms with van der Waals surface area (Å²) < 4.78 is 19.6. The summed E-state index contributed by atoms with van der Waals surface area (Å²) in [5.74, 6) is -1.09. The van der Waals surface area contributed by atoms with E-state index in [-0.39, 0.29) is 11.3 Å². The van der Waals surface area contributed by atoms with Crippen LogP contribution in [0, 0.1) is 5.82 Å². The second-order valence-electron chi connectivity index (χ2n) is 6.51. The fourth-order valence-corrected chi connectivity index (χ4v) is 3.67. The smallest absolute Gasteiger partial charge is 0.282 e. The van der Waals surface area contributed by atoms with Gasteiger partial charge in [0.2, 0.25) is 0 Å². The molecule has 1 heterocycles. The zero-order valence-electron chi connectivity index (χ0n) is 15.9. The van der Waals surface area contributed by atoms with Gasteiger partial charge in [-0.15, -0.1) is 0 Å². The predicted molar refractivity (Wildman–Crippen MR) is 117 cm³/mol. The van der Waals surface area contributed by atoms with Gasteiger partial charge in [0.15, 0.2) is 0 Å². The van der Waals surface area contributed by atoms with Crippen molar-refractivity contribution < 1.29 is 18.7 Å². The second kappa shape index (κ2) is 8.12. The van der Waals surface area contributed by atoms with Crippen molar-refractivity contribution >= 4 is 44.7 Å². The lowest BCUT2D eigenvalue weighted by Crippen LogP contribution is -2.32. The molecule has 4 rings (SSSR count). The molecule has 2 amide bonds. The molecule has 30 heavy (non-hydrogen) atoms. The molecule has 0 bridgehead atoms. The van der Waals surface area contributed by atoms with Crippen LogP contribution in [-0.4, -0.2) is 18.9 Å². The summed E-state index contributed by atoms with van der Waals surface area (Å²) in [5.41, 5.74) is 1.66. The van der Waals surface area contributed by atoms with Crippen molar-refractivity contribution in [1.29, 1.82) is 0 Å². The van der Waals surface area contributed by atoms with Crippen LogP contribution in [-0.2, 0) is 9.59 Å². The van der Waals surface area contributed by atoms with Crippen molar-refractivity contribution in [3.05, 3.63) is 94.3 Å². The number of para-hydroxylation sites is 2. The molecule has 1 aliphatic rings. The lowest BCUT2D eigenvalue weighted by Gasteiger charge is -2.18. The van der Waals surface area contributed by atoms with Crippen LogP contribution in [0.3, 0.4) is 0 Å². The SMILES string of the molecule is COc1ccccc1N1C(=O)C(Nc2cccc(Br)c2)=C(c2ccc(F)cc2)C1=O. The average Bonchev–Trinajstić information content (AvgIpc) is 2.98. The third-order valence-corrected chi connectivity index (χ3v) is 5.13. The maximum absolute atomic E-state index is 13.5. The minimum absolute atomic E-state index is 0.107. The van der Waals surface area contributed by atoms with Gasteiger partial charge in [-0.3, -0.25) is 9.59 Å². The molecule has 3 aromatic rings. The van der Waals surface area contributed by atoms with E-state index < -0.39 is 17.6 Å². The van der Waals surface area contributed by atoms with Gasteiger partial charge < -0.3 is 10.1 Å². The molecule has 1 aliphatic heterocycles. The second-order valence-corrected chi connectivity index (χ2v) is 7.43. The number of anilines is 2. The van der Waals surface area contributed by atoms with Crippen LogP contribution in [0.2, 0.25) is 0 Å². The maximum Gasteiger partial charge on any atom is 0.282 e. The molecule has 0 saturated carbocycles. The largest absolute Gasteiger partial charge is 0.495 e. The van der Waals surface area contributed by atoms with E-state index in [1.54, 1.807) is 36.4 Å². The topological polar surface area (TPSA) is 58.6 Å². The number of methoxy groups -OCH3 is 1. The van der Waals surface area contributed by atoms with Gasteiger partial charge in [0.1, 0.15) is 17.3 Å². The lowest BCUT2D eigenvalue weighted by molar-refractivity contribution is -0.120. The molecule has 0 unspecified atom stereocenters. The number of halogens is 2. The Balaban J connectivity index is 1.85. The number of benzene rings is 3. The van der Waals surface area contributed by atoms with E-state index >= 15 is 0 Å². The minimum Gasteiger partial charge on any atom is -0.495 e. The van der Waals surface area contributed by atoms with Crippen LogP contribution < -0.4 is 15.0 Å². The molecule has 0 aromatic heterocycles. The van der Waals surface area contributed by atoms with E-state index in [9.17, 15) is 14.0 Å². The van der Waals surface area contributed by atoms with Crippen LogP contribution in [0.15, 0.2) is 83.0 Å². The Labute approximate surface area is 180 Å². The molecule has 1 N–H and O–H groups in total. The van der Waals surface area contributed by atoms with Gasteiger partial charge in [-0.2, -0.15) is 0 Å². The molecule has 3 aromatic carbocycles. The van der Waals surface area contributed by atoms with Crippen molar-refractivity contribution in [2.75, 3.05) is 17.3 Å². The van der Waals surface area contributed by atoms with Crippen molar-refractivity contribution in [3.8, 4) is 5.75 Å². The molecule has 7 heteroatoms. The highest BCUT2D eigenvalue weighted by molar-refractivity contribution is 9.10. The summed E-state index contributed by atoms with van der Waals surface area (Å²) in [6.07, 6.45) is 0. The highest BCUT2D eigenvalue weighted by Crippen LogP contribution is 2.37. The fourth-order valence-electron chi connectivity index (χ4n) is 3.27. The Bertz CT molecular complexity index is 1180. The zero-order valence-corrected chi connectivity index (χ0v) is 17.4. The first kappa shape index (κ1) is 19.8. The van der Waals surface area contributed by atoms with Crippen molar-refractivity contribution in [2.45, 2.75) is 0 Å². The minimum atomic E-state index is -0.524. The zero-order chi connectivity index (χ0) is 21.3. The van der Waals surface area contributed by atoms with Crippen LogP contribution >= 0.6 is 15.9 Å². The fraction of sp³-hybridized carbons (Fsp3) is 0.0435. The van der Waals surface area contributed by atoms with Gasteiger partial charge in [-0.25, -0.2) is 9.29 Å². The van der Waals surface area contributed by atoms with Crippen molar-refractivity contribution in [1.82, 2.24) is 0 Å². The summed E-state index contributed by atoms with van der Waals surface area (Å²) in [7, 11) is 1.47. The van der Waals surface area contributed by atoms with Gasteiger partial charge in [-0.1, -0.05) is 46.3 Å². The Morgan fingerprint density at radius 1 is 0.933 bits per heavy atom. The number of amides is 2. The normalized spacial score (nSPS) is 13.8. The Morgan fingerprint density at radius 3 is 2.37 bits per heavy atom. The van der Waals surface area contributed by atoms with Crippen LogP contribution in [0.25, 0.3) is 5.57 Å². The first-order valence-corrected chi connectivity index (χ1v) is 9.83. The third-order valence-electron chi connectivity index (χ3n) is 4.64. The maximum atomic E-state index is 13.5. The number of hydrogen-bond donors (Lipinski definition) is 1. The predicted octanol–water partition coefficient (Wildman–Crippen LogP) is 4.99. The van der Waals surface area contributed by atoms with Crippen molar-refractivity contribution in [3.63, 3.8) is 0 Å². The standard InChI is InChI=1S/C23H16BrFN2O3/c1-30-19-8-3-2-7-18(19)27-22(28)20(14-9-11-16(25)12-10-14)21(23(27)29)26-17-6-4-5-15(24)13-17/h2-13,26H,1H3. The molecular weight excluding hydrogens is 451 g/mol. The molecule has 0 atom stereocenters. The van der Waals surface area contributed by atoms with E-state index in [1.807, 2.05) is 12.1 Å². The number of carbonyl (C=O) groups is 2. The molecule has 0 fully saturated rings. The van der Waals surface area contributed by atoms with Crippen LogP contribution in [0.4, 0.5) is 15.8 Å². The number of rotatable bonds is 5. The highest BCUT2D eigenvalue weighted by atomic mass is 79.9. The average molecular weight is 467 g/mol. The van der Waals surface area contributed by atoms with Crippen LogP contribution in [0.5, 0.6) is 5.75 Å². The van der Waals surface area contributed by atoms with Gasteiger partial charge >= 0.3 is 0 Å². The Morgan fingerprint density at radius 2 is 1.67 bits per heavy atom. The number of imide groups is 1. The molecule has 0 radical (unpaired) electrons. The Hall–Kier alpha value is -3.45. The highest BCUT2D eigenvalue weighted by Gasteiger charge is 2.41. The van der Waals surface area contributed by atoms with Crippen molar-refractivity contribution in [2.24, 2.45) is 0 Å². The molecule has 0 aliphatic carbocycles. The van der Waals surface area contributed by atoms with E-state index in [0.29, 0.717) is 22.7 Å². The van der Waals surface area contributed by atoms with Gasteiger partial charge in [-0.05, 0) is 48.0 Å². The monoisotopic (exact) mass is 466 g/mol. The van der Waals surface area contributed by atoms with E-state index in [1.165, 1.54) is 31.4 Å². The number of carbonyl (C=O) groups excluding carboxylic acids is 2. The summed E-state index contributed by atoms with van der Waals surface area (Å²) in [6.45, 7) is 0. The summed E-state index contributed by atoms with van der Waals surface area (Å²) in [6, 6.07) is 19.5. The number of ether oxygens (including phenoxy) is 1. The molecule has 0 saturated heterocycles. The van der Waals surface area contributed by atoms with Gasteiger partial charge in [0.25, 0.3) is 11.8 Å². The number of nitrogens with zero attached hydrogens (tertiary/aromatic N) is 1. The number of nitrogens with one attached hydrogen (secondary N) is 1. The van der Waals surface area contributed by atoms with E-state index in [4.69, 9.17) is 4.74 Å². The lowest BCUT2D eigenvalue weighted by atomic mass is 10.0. The molecule has 5 nitrogen and oxygen atoms in total. The molecule has 150 valence electrons. The molecular formula is C23H16BrFN2O3. The van der Waals surface area contributed by atoms with Crippen LogP contribution in [0.1, 0.15) is 5.56 Å². The van der Waals surface area contributed by atoms with Gasteiger partial charge in [0, 0.05) is 10.2 Å². The van der Waals surface area contributed by atoms with E-state index in [0.717, 1.165) is 9.37 Å². The molecule has 0 spiro atoms. The Kier molecular flexibility index (Phi) is 5.37. The third kappa shape index (κ3) is 3.59. The number of hydrogen-bond acceptors (Lipinski definition) is 4.